The summed E-state index contributed by atoms with van der Waals surface area (Å²) in [5.74, 6) is -0.255. The van der Waals surface area contributed by atoms with Gasteiger partial charge in [0.2, 0.25) is 11.8 Å². The Morgan fingerprint density at radius 3 is 2.51 bits per heavy atom. The van der Waals surface area contributed by atoms with Crippen molar-refractivity contribution in [2.75, 3.05) is 12.3 Å². The molecular formula is C27H41N3O4S. The highest BCUT2D eigenvalue weighted by atomic mass is 32.1. The molecule has 2 rings (SSSR count). The molecule has 1 saturated carbocycles. The first kappa shape index (κ1) is 28.8. The number of carbonyl (C=O) groups excluding carboxylic acids is 3. The molecule has 0 spiro atoms. The molecule has 1 fully saturated rings. The SMILES string of the molecule is C=Cc1cccc(C(C(=O)NCCCCC)N(C(=O)C(CS)NC(=O)OC(C)(C)C)C2CC2C)c1. The van der Waals surface area contributed by atoms with Gasteiger partial charge >= 0.3 is 6.09 Å². The van der Waals surface area contributed by atoms with Crippen molar-refractivity contribution in [3.63, 3.8) is 0 Å². The van der Waals surface area contributed by atoms with Gasteiger partial charge in [-0.15, -0.1) is 0 Å². The van der Waals surface area contributed by atoms with Gasteiger partial charge in [-0.05, 0) is 56.7 Å². The molecule has 194 valence electrons. The Morgan fingerprint density at radius 1 is 1.29 bits per heavy atom. The maximum atomic E-state index is 13.9. The summed E-state index contributed by atoms with van der Waals surface area (Å²) in [7, 11) is 0. The number of rotatable bonds is 12. The van der Waals surface area contributed by atoms with Crippen LogP contribution in [-0.4, -0.2) is 52.8 Å². The normalized spacial score (nSPS) is 18.7. The van der Waals surface area contributed by atoms with Crippen LogP contribution >= 0.6 is 12.6 Å². The van der Waals surface area contributed by atoms with E-state index in [1.54, 1.807) is 31.7 Å². The Labute approximate surface area is 215 Å². The van der Waals surface area contributed by atoms with Gasteiger partial charge in [-0.2, -0.15) is 12.6 Å². The van der Waals surface area contributed by atoms with Crippen LogP contribution in [0.2, 0.25) is 0 Å². The predicted octanol–water partition coefficient (Wildman–Crippen LogP) is 4.74. The van der Waals surface area contributed by atoms with Crippen molar-refractivity contribution in [2.45, 2.75) is 84.0 Å². The second-order valence-electron chi connectivity index (χ2n) is 10.2. The van der Waals surface area contributed by atoms with E-state index in [0.29, 0.717) is 12.1 Å². The maximum absolute atomic E-state index is 13.9. The molecule has 0 heterocycles. The number of hydrogen-bond donors (Lipinski definition) is 3. The molecule has 0 bridgehead atoms. The largest absolute Gasteiger partial charge is 0.444 e. The number of ether oxygens (including phenoxy) is 1. The van der Waals surface area contributed by atoms with Crippen LogP contribution in [0.5, 0.6) is 0 Å². The fraction of sp³-hybridized carbons (Fsp3) is 0.593. The molecule has 1 aromatic carbocycles. The molecular weight excluding hydrogens is 462 g/mol. The number of unbranched alkanes of at least 4 members (excludes halogenated alkanes) is 2. The number of carbonyl (C=O) groups is 3. The van der Waals surface area contributed by atoms with Crippen LogP contribution in [0.25, 0.3) is 6.08 Å². The van der Waals surface area contributed by atoms with Gasteiger partial charge in [-0.3, -0.25) is 9.59 Å². The highest BCUT2D eigenvalue weighted by molar-refractivity contribution is 7.80. The van der Waals surface area contributed by atoms with Crippen LogP contribution in [0.1, 0.15) is 77.5 Å². The number of thiol groups is 1. The van der Waals surface area contributed by atoms with Gasteiger partial charge in [0.25, 0.3) is 0 Å². The van der Waals surface area contributed by atoms with Crippen molar-refractivity contribution in [1.29, 1.82) is 0 Å². The number of amides is 3. The Bertz CT molecular complexity index is 899. The highest BCUT2D eigenvalue weighted by Crippen LogP contribution is 2.41. The third-order valence-corrected chi connectivity index (χ3v) is 6.28. The zero-order chi connectivity index (χ0) is 26.2. The van der Waals surface area contributed by atoms with Crippen molar-refractivity contribution in [1.82, 2.24) is 15.5 Å². The molecule has 7 nitrogen and oxygen atoms in total. The van der Waals surface area contributed by atoms with E-state index >= 15 is 0 Å². The van der Waals surface area contributed by atoms with Crippen LogP contribution in [0.15, 0.2) is 30.8 Å². The van der Waals surface area contributed by atoms with Gasteiger partial charge in [0, 0.05) is 18.3 Å². The summed E-state index contributed by atoms with van der Waals surface area (Å²) in [5.41, 5.74) is 0.864. The topological polar surface area (TPSA) is 87.7 Å². The zero-order valence-corrected chi connectivity index (χ0v) is 22.6. The van der Waals surface area contributed by atoms with Crippen LogP contribution in [0, 0.1) is 5.92 Å². The molecule has 0 aromatic heterocycles. The predicted molar refractivity (Wildman–Crippen MR) is 143 cm³/mol. The molecule has 8 heteroatoms. The van der Waals surface area contributed by atoms with Crippen LogP contribution in [0.3, 0.4) is 0 Å². The van der Waals surface area contributed by atoms with Crippen molar-refractivity contribution < 1.29 is 19.1 Å². The molecule has 1 aromatic rings. The third kappa shape index (κ3) is 8.60. The van der Waals surface area contributed by atoms with Gasteiger partial charge in [0.1, 0.15) is 17.7 Å². The van der Waals surface area contributed by atoms with E-state index in [0.717, 1.165) is 31.2 Å². The highest BCUT2D eigenvalue weighted by Gasteiger charge is 2.48. The Balaban J connectivity index is 2.40. The first-order chi connectivity index (χ1) is 16.5. The summed E-state index contributed by atoms with van der Waals surface area (Å²) in [6.07, 6.45) is 4.74. The summed E-state index contributed by atoms with van der Waals surface area (Å²) in [5, 5.41) is 5.68. The molecule has 4 atom stereocenters. The van der Waals surface area contributed by atoms with Crippen LogP contribution in [0.4, 0.5) is 4.79 Å². The number of hydrogen-bond acceptors (Lipinski definition) is 5. The maximum Gasteiger partial charge on any atom is 0.408 e. The lowest BCUT2D eigenvalue weighted by Crippen LogP contribution is -2.54. The molecule has 35 heavy (non-hydrogen) atoms. The van der Waals surface area contributed by atoms with E-state index in [1.807, 2.05) is 24.3 Å². The van der Waals surface area contributed by atoms with Crippen LogP contribution < -0.4 is 10.6 Å². The summed E-state index contributed by atoms with van der Waals surface area (Å²) in [6, 6.07) is 5.63. The van der Waals surface area contributed by atoms with E-state index < -0.39 is 23.8 Å². The minimum absolute atomic E-state index is 0.0766. The second kappa shape index (κ2) is 13.0. The molecule has 0 aliphatic heterocycles. The van der Waals surface area contributed by atoms with Gasteiger partial charge in [0.05, 0.1) is 0 Å². The first-order valence-electron chi connectivity index (χ1n) is 12.4. The minimum atomic E-state index is -0.932. The molecule has 4 unspecified atom stereocenters. The van der Waals surface area contributed by atoms with Gasteiger partial charge in [-0.25, -0.2) is 4.79 Å². The molecule has 0 radical (unpaired) electrons. The summed E-state index contributed by atoms with van der Waals surface area (Å²) in [4.78, 5) is 41.5. The van der Waals surface area contributed by atoms with Crippen molar-refractivity contribution in [3.05, 3.63) is 42.0 Å². The van der Waals surface area contributed by atoms with Gasteiger partial charge in [0.15, 0.2) is 0 Å². The standard InChI is InChI=1S/C27H41N3O4S/c1-7-9-10-14-28-24(31)23(20-13-11-12-19(8-2)16-20)30(22-15-18(22)3)25(32)21(17-35)29-26(33)34-27(4,5)6/h8,11-13,16,18,21-23,35H,2,7,9-10,14-15,17H2,1,3-6H3,(H,28,31)(H,29,33). The third-order valence-electron chi connectivity index (χ3n) is 5.92. The van der Waals surface area contributed by atoms with E-state index in [2.05, 4.69) is 43.7 Å². The monoisotopic (exact) mass is 503 g/mol. The molecule has 1 aliphatic rings. The zero-order valence-electron chi connectivity index (χ0n) is 21.7. The molecule has 2 N–H and O–H groups in total. The van der Waals surface area contributed by atoms with Gasteiger partial charge in [-0.1, -0.05) is 57.5 Å². The average Bonchev–Trinajstić information content (AvgIpc) is 3.52. The number of alkyl carbamates (subject to hydrolysis) is 1. The molecule has 1 aliphatic carbocycles. The second-order valence-corrected chi connectivity index (χ2v) is 10.5. The van der Waals surface area contributed by atoms with Crippen LogP contribution in [-0.2, 0) is 14.3 Å². The van der Waals surface area contributed by atoms with Crippen molar-refractivity contribution in [3.8, 4) is 0 Å². The van der Waals surface area contributed by atoms with Gasteiger partial charge < -0.3 is 20.3 Å². The molecule has 3 amide bonds. The van der Waals surface area contributed by atoms with E-state index in [9.17, 15) is 14.4 Å². The quantitative estimate of drug-likeness (QED) is 0.284. The van der Waals surface area contributed by atoms with E-state index in [4.69, 9.17) is 4.74 Å². The smallest absolute Gasteiger partial charge is 0.408 e. The lowest BCUT2D eigenvalue weighted by molar-refractivity contribution is -0.143. The van der Waals surface area contributed by atoms with E-state index in [-0.39, 0.29) is 29.5 Å². The Morgan fingerprint density at radius 2 is 1.97 bits per heavy atom. The fourth-order valence-corrected chi connectivity index (χ4v) is 4.21. The summed E-state index contributed by atoms with van der Waals surface area (Å²) in [6.45, 7) is 13.8. The minimum Gasteiger partial charge on any atom is -0.444 e. The Kier molecular flexibility index (Phi) is 10.7. The Hall–Kier alpha value is -2.48. The molecule has 0 saturated heterocycles. The fourth-order valence-electron chi connectivity index (χ4n) is 3.97. The summed E-state index contributed by atoms with van der Waals surface area (Å²) < 4.78 is 5.35. The summed E-state index contributed by atoms with van der Waals surface area (Å²) >= 11 is 4.33. The number of nitrogens with zero attached hydrogens (tertiary/aromatic N) is 1. The van der Waals surface area contributed by atoms with Crippen molar-refractivity contribution >= 4 is 36.6 Å². The number of benzene rings is 1. The lowest BCUT2D eigenvalue weighted by atomic mass is 10.00. The van der Waals surface area contributed by atoms with E-state index in [1.165, 1.54) is 0 Å². The average molecular weight is 504 g/mol. The first-order valence-corrected chi connectivity index (χ1v) is 13.1. The lowest BCUT2D eigenvalue weighted by Gasteiger charge is -2.35. The number of nitrogens with one attached hydrogen (secondary N) is 2. The van der Waals surface area contributed by atoms with Crippen molar-refractivity contribution in [2.24, 2.45) is 5.92 Å².